The van der Waals surface area contributed by atoms with Crippen LogP contribution in [0, 0.1) is 0 Å². The molecular formula is C22H25BrN2O3S. The maximum Gasteiger partial charge on any atom is 0.257 e. The van der Waals surface area contributed by atoms with Crippen LogP contribution < -0.4 is 20.1 Å². The van der Waals surface area contributed by atoms with Crippen molar-refractivity contribution in [2.24, 2.45) is 0 Å². The van der Waals surface area contributed by atoms with Crippen molar-refractivity contribution in [1.82, 2.24) is 5.32 Å². The van der Waals surface area contributed by atoms with Crippen LogP contribution in [0.2, 0.25) is 0 Å². The fraction of sp³-hybridized carbons (Fsp3) is 0.273. The topological polar surface area (TPSA) is 59.6 Å². The standard InChI is InChI=1S/C22H25BrN2O3S/c1-4-5-12-27-19-11-10-16(13-17(19)23)21(26)25-22(29)24-18-8-6-7-9-20(18)28-14-15(2)3/h6-11,13H,2,4-5,12,14H2,1,3H3,(H2,24,25,26,29). The van der Waals surface area contributed by atoms with E-state index in [1.165, 1.54) is 0 Å². The lowest BCUT2D eigenvalue weighted by Crippen LogP contribution is -2.34. The Hall–Kier alpha value is -2.38. The molecular weight excluding hydrogens is 452 g/mol. The number of amides is 1. The van der Waals surface area contributed by atoms with E-state index < -0.39 is 0 Å². The van der Waals surface area contributed by atoms with Gasteiger partial charge in [-0.3, -0.25) is 10.1 Å². The highest BCUT2D eigenvalue weighted by molar-refractivity contribution is 9.10. The molecule has 5 nitrogen and oxygen atoms in total. The van der Waals surface area contributed by atoms with Crippen LogP contribution in [-0.2, 0) is 0 Å². The Labute approximate surface area is 185 Å². The van der Waals surface area contributed by atoms with Crippen molar-refractivity contribution in [1.29, 1.82) is 0 Å². The molecule has 0 aromatic heterocycles. The van der Waals surface area contributed by atoms with Gasteiger partial charge in [0.25, 0.3) is 5.91 Å². The van der Waals surface area contributed by atoms with Crippen LogP contribution in [0.5, 0.6) is 11.5 Å². The van der Waals surface area contributed by atoms with Gasteiger partial charge in [-0.2, -0.15) is 0 Å². The second kappa shape index (κ2) is 11.6. The maximum absolute atomic E-state index is 12.5. The third-order valence-electron chi connectivity index (χ3n) is 3.79. The van der Waals surface area contributed by atoms with Crippen LogP contribution in [0.4, 0.5) is 5.69 Å². The predicted octanol–water partition coefficient (Wildman–Crippen LogP) is 5.71. The molecule has 29 heavy (non-hydrogen) atoms. The van der Waals surface area contributed by atoms with E-state index in [-0.39, 0.29) is 11.0 Å². The summed E-state index contributed by atoms with van der Waals surface area (Å²) in [4.78, 5) is 12.5. The highest BCUT2D eigenvalue weighted by atomic mass is 79.9. The lowest BCUT2D eigenvalue weighted by atomic mass is 10.2. The third kappa shape index (κ3) is 7.51. The van der Waals surface area contributed by atoms with Gasteiger partial charge in [-0.1, -0.05) is 32.1 Å². The van der Waals surface area contributed by atoms with Gasteiger partial charge in [0.2, 0.25) is 0 Å². The minimum Gasteiger partial charge on any atom is -0.492 e. The number of nitrogens with one attached hydrogen (secondary N) is 2. The van der Waals surface area contributed by atoms with Crippen LogP contribution in [0.3, 0.4) is 0 Å². The summed E-state index contributed by atoms with van der Waals surface area (Å²) in [5, 5.41) is 5.87. The second-order valence-corrected chi connectivity index (χ2v) is 7.76. The van der Waals surface area contributed by atoms with E-state index >= 15 is 0 Å². The Kier molecular flexibility index (Phi) is 9.15. The van der Waals surface area contributed by atoms with Crippen molar-refractivity contribution in [3.63, 3.8) is 0 Å². The molecule has 0 saturated carbocycles. The normalized spacial score (nSPS) is 10.2. The number of thiocarbonyl (C=S) groups is 1. The highest BCUT2D eigenvalue weighted by Gasteiger charge is 2.12. The number of anilines is 1. The number of halogens is 1. The van der Waals surface area contributed by atoms with Gasteiger partial charge < -0.3 is 14.8 Å². The number of benzene rings is 2. The molecule has 0 aliphatic rings. The summed E-state index contributed by atoms with van der Waals surface area (Å²) < 4.78 is 12.1. The minimum absolute atomic E-state index is 0.181. The van der Waals surface area contributed by atoms with E-state index in [1.807, 2.05) is 31.2 Å². The van der Waals surface area contributed by atoms with E-state index in [0.29, 0.717) is 36.0 Å². The molecule has 2 rings (SSSR count). The molecule has 0 heterocycles. The van der Waals surface area contributed by atoms with Crippen LogP contribution >= 0.6 is 28.1 Å². The monoisotopic (exact) mass is 476 g/mol. The molecule has 1 amide bonds. The number of para-hydroxylation sites is 2. The van der Waals surface area contributed by atoms with Crippen LogP contribution in [0.1, 0.15) is 37.0 Å². The van der Waals surface area contributed by atoms with Crippen molar-refractivity contribution in [3.05, 3.63) is 64.7 Å². The summed E-state index contributed by atoms with van der Waals surface area (Å²) in [5.74, 6) is 1.02. The zero-order chi connectivity index (χ0) is 21.2. The molecule has 0 aliphatic carbocycles. The van der Waals surface area contributed by atoms with Gasteiger partial charge >= 0.3 is 0 Å². The number of hydrogen-bond donors (Lipinski definition) is 2. The van der Waals surface area contributed by atoms with Gasteiger partial charge in [-0.25, -0.2) is 0 Å². The Bertz CT molecular complexity index is 886. The van der Waals surface area contributed by atoms with E-state index in [1.54, 1.807) is 18.2 Å². The average molecular weight is 477 g/mol. The second-order valence-electron chi connectivity index (χ2n) is 6.50. The van der Waals surface area contributed by atoms with Crippen molar-refractivity contribution in [2.45, 2.75) is 26.7 Å². The number of ether oxygens (including phenoxy) is 2. The van der Waals surface area contributed by atoms with E-state index in [9.17, 15) is 4.79 Å². The summed E-state index contributed by atoms with van der Waals surface area (Å²) in [6.45, 7) is 8.86. The van der Waals surface area contributed by atoms with Gasteiger partial charge in [0.15, 0.2) is 5.11 Å². The van der Waals surface area contributed by atoms with Crippen LogP contribution in [-0.4, -0.2) is 24.2 Å². The molecule has 0 bridgehead atoms. The molecule has 0 saturated heterocycles. The lowest BCUT2D eigenvalue weighted by molar-refractivity contribution is 0.0977. The first-order chi connectivity index (χ1) is 13.9. The molecule has 0 unspecified atom stereocenters. The SMILES string of the molecule is C=C(C)COc1ccccc1NC(=S)NC(=O)c1ccc(OCCCC)c(Br)c1. The minimum atomic E-state index is -0.316. The molecule has 0 radical (unpaired) electrons. The van der Waals surface area contributed by atoms with Crippen LogP contribution in [0.25, 0.3) is 0 Å². The van der Waals surface area contributed by atoms with Gasteiger partial charge in [0.05, 0.1) is 16.8 Å². The van der Waals surface area contributed by atoms with Crippen molar-refractivity contribution < 1.29 is 14.3 Å². The molecule has 0 spiro atoms. The zero-order valence-corrected chi connectivity index (χ0v) is 19.0. The first-order valence-electron chi connectivity index (χ1n) is 9.31. The average Bonchev–Trinajstić information content (AvgIpc) is 2.68. The number of carbonyl (C=O) groups excluding carboxylic acids is 1. The van der Waals surface area contributed by atoms with Gasteiger partial charge in [-0.05, 0) is 77.4 Å². The Morgan fingerprint density at radius 1 is 1.17 bits per heavy atom. The van der Waals surface area contributed by atoms with Crippen molar-refractivity contribution in [2.75, 3.05) is 18.5 Å². The molecule has 154 valence electrons. The summed E-state index contributed by atoms with van der Waals surface area (Å²) in [7, 11) is 0. The summed E-state index contributed by atoms with van der Waals surface area (Å²) in [6, 6.07) is 12.6. The molecule has 2 N–H and O–H groups in total. The summed E-state index contributed by atoms with van der Waals surface area (Å²) >= 11 is 8.73. The molecule has 2 aromatic rings. The smallest absolute Gasteiger partial charge is 0.257 e. The first kappa shape index (κ1) is 22.9. The number of rotatable bonds is 9. The Morgan fingerprint density at radius 2 is 1.93 bits per heavy atom. The molecule has 2 aromatic carbocycles. The fourth-order valence-corrected chi connectivity index (χ4v) is 3.01. The van der Waals surface area contributed by atoms with Crippen molar-refractivity contribution >= 4 is 44.9 Å². The van der Waals surface area contributed by atoms with Crippen molar-refractivity contribution in [3.8, 4) is 11.5 Å². The maximum atomic E-state index is 12.5. The number of carbonyl (C=O) groups is 1. The van der Waals surface area contributed by atoms with E-state index in [0.717, 1.165) is 22.9 Å². The highest BCUT2D eigenvalue weighted by Crippen LogP contribution is 2.27. The molecule has 0 aliphatic heterocycles. The first-order valence-corrected chi connectivity index (χ1v) is 10.5. The molecule has 0 fully saturated rings. The Morgan fingerprint density at radius 3 is 2.62 bits per heavy atom. The Balaban J connectivity index is 1.98. The van der Waals surface area contributed by atoms with E-state index in [2.05, 4.69) is 40.1 Å². The largest absolute Gasteiger partial charge is 0.492 e. The quantitative estimate of drug-likeness (QED) is 0.275. The number of unbranched alkanes of at least 4 members (excludes halogenated alkanes) is 1. The third-order valence-corrected chi connectivity index (χ3v) is 4.61. The zero-order valence-electron chi connectivity index (χ0n) is 16.6. The van der Waals surface area contributed by atoms with E-state index in [4.69, 9.17) is 21.7 Å². The predicted molar refractivity (Wildman–Crippen MR) is 125 cm³/mol. The molecule has 0 atom stereocenters. The number of hydrogen-bond acceptors (Lipinski definition) is 4. The molecule has 7 heteroatoms. The van der Waals surface area contributed by atoms with Gasteiger partial charge in [0.1, 0.15) is 18.1 Å². The van der Waals surface area contributed by atoms with Gasteiger partial charge in [-0.15, -0.1) is 0 Å². The fourth-order valence-electron chi connectivity index (χ4n) is 2.31. The van der Waals surface area contributed by atoms with Crippen LogP contribution in [0.15, 0.2) is 59.1 Å². The summed E-state index contributed by atoms with van der Waals surface area (Å²) in [5.41, 5.74) is 2.04. The lowest BCUT2D eigenvalue weighted by Gasteiger charge is -2.14. The van der Waals surface area contributed by atoms with Gasteiger partial charge in [0, 0.05) is 5.56 Å². The summed E-state index contributed by atoms with van der Waals surface area (Å²) in [6.07, 6.45) is 2.04.